The highest BCUT2D eigenvalue weighted by Gasteiger charge is 2.42. The fraction of sp³-hybridized carbons (Fsp3) is 0.391. The molecule has 2 atom stereocenters. The number of hydrogen-bond acceptors (Lipinski definition) is 3. The molecule has 2 aromatic carbocycles. The standard InChI is InChI=1S/C23H27ClN2O3/c1-4-25(5-2)23(28)21-15-26(22(27)17-9-6-10-18(24)12-17)14-20(21)16-8-7-11-19(13-16)29-3/h6-13,20-21H,4-5,14-15H2,1-3H3. The van der Waals surface area contributed by atoms with Crippen LogP contribution in [0.3, 0.4) is 0 Å². The smallest absolute Gasteiger partial charge is 0.253 e. The molecule has 0 aliphatic carbocycles. The minimum atomic E-state index is -0.287. The van der Waals surface area contributed by atoms with Crippen molar-refractivity contribution in [2.75, 3.05) is 33.3 Å². The number of amides is 2. The highest BCUT2D eigenvalue weighted by Crippen LogP contribution is 2.36. The Bertz CT molecular complexity index is 882. The van der Waals surface area contributed by atoms with Crippen LogP contribution in [0, 0.1) is 5.92 Å². The molecule has 0 radical (unpaired) electrons. The Morgan fingerprint density at radius 2 is 1.83 bits per heavy atom. The van der Waals surface area contributed by atoms with Gasteiger partial charge in [-0.3, -0.25) is 9.59 Å². The Kier molecular flexibility index (Phi) is 6.80. The van der Waals surface area contributed by atoms with Crippen molar-refractivity contribution in [3.05, 3.63) is 64.7 Å². The van der Waals surface area contributed by atoms with Gasteiger partial charge in [-0.2, -0.15) is 0 Å². The monoisotopic (exact) mass is 414 g/mol. The summed E-state index contributed by atoms with van der Waals surface area (Å²) in [5.41, 5.74) is 1.55. The van der Waals surface area contributed by atoms with Crippen LogP contribution in [-0.2, 0) is 4.79 Å². The second kappa shape index (κ2) is 9.31. The van der Waals surface area contributed by atoms with Gasteiger partial charge in [0.25, 0.3) is 5.91 Å². The number of nitrogens with zero attached hydrogens (tertiary/aromatic N) is 2. The SMILES string of the molecule is CCN(CC)C(=O)C1CN(C(=O)c2cccc(Cl)c2)CC1c1cccc(OC)c1. The summed E-state index contributed by atoms with van der Waals surface area (Å²) in [5.74, 6) is 0.363. The molecule has 29 heavy (non-hydrogen) atoms. The lowest BCUT2D eigenvalue weighted by molar-refractivity contribution is -0.135. The topological polar surface area (TPSA) is 49.9 Å². The Balaban J connectivity index is 1.92. The summed E-state index contributed by atoms with van der Waals surface area (Å²) in [6.45, 7) is 6.13. The molecule has 154 valence electrons. The quantitative estimate of drug-likeness (QED) is 0.715. The Hall–Kier alpha value is -2.53. The molecule has 3 rings (SSSR count). The van der Waals surface area contributed by atoms with Crippen LogP contribution in [-0.4, -0.2) is 54.9 Å². The van der Waals surface area contributed by atoms with Gasteiger partial charge in [-0.15, -0.1) is 0 Å². The van der Waals surface area contributed by atoms with Crippen molar-refractivity contribution in [1.29, 1.82) is 0 Å². The zero-order valence-corrected chi connectivity index (χ0v) is 17.9. The van der Waals surface area contributed by atoms with Gasteiger partial charge in [0, 0.05) is 42.7 Å². The first kappa shape index (κ1) is 21.2. The van der Waals surface area contributed by atoms with Crippen LogP contribution in [0.4, 0.5) is 0 Å². The van der Waals surface area contributed by atoms with Gasteiger partial charge in [0.05, 0.1) is 13.0 Å². The number of benzene rings is 2. The average molecular weight is 415 g/mol. The van der Waals surface area contributed by atoms with Crippen LogP contribution in [0.1, 0.15) is 35.7 Å². The molecule has 1 aliphatic heterocycles. The van der Waals surface area contributed by atoms with Gasteiger partial charge < -0.3 is 14.5 Å². The molecule has 6 heteroatoms. The minimum Gasteiger partial charge on any atom is -0.497 e. The summed E-state index contributed by atoms with van der Waals surface area (Å²) in [5, 5.41) is 0.523. The van der Waals surface area contributed by atoms with Crippen molar-refractivity contribution >= 4 is 23.4 Å². The van der Waals surface area contributed by atoms with Gasteiger partial charge in [0.2, 0.25) is 5.91 Å². The molecular formula is C23H27ClN2O3. The lowest BCUT2D eigenvalue weighted by Gasteiger charge is -2.26. The van der Waals surface area contributed by atoms with E-state index in [1.165, 1.54) is 0 Å². The third-order valence-corrected chi connectivity index (χ3v) is 5.83. The van der Waals surface area contributed by atoms with Gasteiger partial charge in [0.15, 0.2) is 0 Å². The summed E-state index contributed by atoms with van der Waals surface area (Å²) in [6, 6.07) is 14.7. The molecule has 0 saturated carbocycles. The first-order valence-electron chi connectivity index (χ1n) is 9.96. The number of halogens is 1. The number of carbonyl (C=O) groups excluding carboxylic acids is 2. The lowest BCUT2D eigenvalue weighted by Crippen LogP contribution is -2.39. The number of methoxy groups -OCH3 is 1. The first-order valence-corrected chi connectivity index (χ1v) is 10.3. The number of hydrogen-bond donors (Lipinski definition) is 0. The number of likely N-dealkylation sites (tertiary alicyclic amines) is 1. The second-order valence-electron chi connectivity index (χ2n) is 7.22. The third kappa shape index (κ3) is 4.56. The molecule has 2 unspecified atom stereocenters. The zero-order valence-electron chi connectivity index (χ0n) is 17.1. The van der Waals surface area contributed by atoms with Gasteiger partial charge in [-0.1, -0.05) is 29.8 Å². The second-order valence-corrected chi connectivity index (χ2v) is 7.66. The van der Waals surface area contributed by atoms with E-state index in [1.807, 2.05) is 43.0 Å². The van der Waals surface area contributed by atoms with E-state index in [2.05, 4.69) is 0 Å². The van der Waals surface area contributed by atoms with E-state index in [4.69, 9.17) is 16.3 Å². The van der Waals surface area contributed by atoms with Gasteiger partial charge in [-0.25, -0.2) is 0 Å². The fourth-order valence-electron chi connectivity index (χ4n) is 4.00. The Morgan fingerprint density at radius 3 is 2.48 bits per heavy atom. The summed E-state index contributed by atoms with van der Waals surface area (Å²) in [6.07, 6.45) is 0. The molecule has 1 aliphatic rings. The zero-order chi connectivity index (χ0) is 21.0. The highest BCUT2D eigenvalue weighted by atomic mass is 35.5. The average Bonchev–Trinajstić information content (AvgIpc) is 3.19. The molecule has 1 saturated heterocycles. The minimum absolute atomic E-state index is 0.0821. The number of ether oxygens (including phenoxy) is 1. The van der Waals surface area contributed by atoms with Crippen molar-refractivity contribution in [2.45, 2.75) is 19.8 Å². The molecule has 5 nitrogen and oxygen atoms in total. The van der Waals surface area contributed by atoms with Crippen LogP contribution in [0.25, 0.3) is 0 Å². The maximum absolute atomic E-state index is 13.2. The number of rotatable bonds is 6. The molecule has 0 bridgehead atoms. The van der Waals surface area contributed by atoms with Crippen LogP contribution in [0.15, 0.2) is 48.5 Å². The molecule has 0 N–H and O–H groups in total. The maximum atomic E-state index is 13.2. The van der Waals surface area contributed by atoms with E-state index in [0.717, 1.165) is 11.3 Å². The predicted molar refractivity (Wildman–Crippen MR) is 115 cm³/mol. The molecule has 1 heterocycles. The predicted octanol–water partition coefficient (Wildman–Crippen LogP) is 4.07. The Labute approximate surface area is 177 Å². The van der Waals surface area contributed by atoms with E-state index >= 15 is 0 Å². The van der Waals surface area contributed by atoms with Crippen molar-refractivity contribution in [2.24, 2.45) is 5.92 Å². The molecule has 2 aromatic rings. The fourth-order valence-corrected chi connectivity index (χ4v) is 4.19. The molecule has 0 spiro atoms. The van der Waals surface area contributed by atoms with E-state index in [-0.39, 0.29) is 23.7 Å². The molecule has 0 aromatic heterocycles. The van der Waals surface area contributed by atoms with Crippen LogP contribution in [0.2, 0.25) is 5.02 Å². The summed E-state index contributed by atoms with van der Waals surface area (Å²) < 4.78 is 5.37. The van der Waals surface area contributed by atoms with E-state index in [1.54, 1.807) is 36.3 Å². The summed E-state index contributed by atoms with van der Waals surface area (Å²) >= 11 is 6.07. The van der Waals surface area contributed by atoms with Gasteiger partial charge >= 0.3 is 0 Å². The molecular weight excluding hydrogens is 388 g/mol. The molecule has 1 fully saturated rings. The maximum Gasteiger partial charge on any atom is 0.253 e. The number of carbonyl (C=O) groups is 2. The Morgan fingerprint density at radius 1 is 1.10 bits per heavy atom. The van der Waals surface area contributed by atoms with Crippen LogP contribution in [0.5, 0.6) is 5.75 Å². The van der Waals surface area contributed by atoms with E-state index in [0.29, 0.717) is 36.8 Å². The highest BCUT2D eigenvalue weighted by molar-refractivity contribution is 6.30. The normalized spacial score (nSPS) is 18.6. The van der Waals surface area contributed by atoms with Crippen molar-refractivity contribution in [3.63, 3.8) is 0 Å². The lowest BCUT2D eigenvalue weighted by atomic mass is 9.88. The van der Waals surface area contributed by atoms with E-state index in [9.17, 15) is 9.59 Å². The first-order chi connectivity index (χ1) is 14.0. The van der Waals surface area contributed by atoms with Crippen LogP contribution < -0.4 is 4.74 Å². The van der Waals surface area contributed by atoms with Crippen molar-refractivity contribution in [3.8, 4) is 5.75 Å². The van der Waals surface area contributed by atoms with Crippen LogP contribution >= 0.6 is 11.6 Å². The summed E-state index contributed by atoms with van der Waals surface area (Å²) in [4.78, 5) is 29.9. The largest absolute Gasteiger partial charge is 0.497 e. The third-order valence-electron chi connectivity index (χ3n) is 5.59. The van der Waals surface area contributed by atoms with Crippen molar-refractivity contribution < 1.29 is 14.3 Å². The van der Waals surface area contributed by atoms with Crippen molar-refractivity contribution in [1.82, 2.24) is 9.80 Å². The van der Waals surface area contributed by atoms with Gasteiger partial charge in [0.1, 0.15) is 5.75 Å². The van der Waals surface area contributed by atoms with Gasteiger partial charge in [-0.05, 0) is 49.7 Å². The van der Waals surface area contributed by atoms with E-state index < -0.39 is 0 Å². The molecule has 2 amide bonds. The summed E-state index contributed by atoms with van der Waals surface area (Å²) in [7, 11) is 1.63.